The molecule has 0 aliphatic carbocycles. The third-order valence-corrected chi connectivity index (χ3v) is 4.05. The minimum absolute atomic E-state index is 0.187. The lowest BCUT2D eigenvalue weighted by Crippen LogP contribution is -2.25. The lowest BCUT2D eigenvalue weighted by molar-refractivity contribution is -0.144. The van der Waals surface area contributed by atoms with Gasteiger partial charge in [-0.25, -0.2) is 10.2 Å². The fourth-order valence-corrected chi connectivity index (χ4v) is 2.55. The number of amides is 1. The average Bonchev–Trinajstić information content (AvgIpc) is 2.68. The van der Waals surface area contributed by atoms with Crippen molar-refractivity contribution in [2.45, 2.75) is 13.0 Å². The van der Waals surface area contributed by atoms with Crippen molar-refractivity contribution in [1.29, 1.82) is 0 Å². The molecular formula is C19H18Cl2N2O6. The van der Waals surface area contributed by atoms with Gasteiger partial charge in [-0.2, -0.15) is 5.10 Å². The summed E-state index contributed by atoms with van der Waals surface area (Å²) in [6, 6.07) is 9.55. The van der Waals surface area contributed by atoms with Crippen LogP contribution in [0.4, 0.5) is 0 Å². The molecular weight excluding hydrogens is 423 g/mol. The average molecular weight is 441 g/mol. The van der Waals surface area contributed by atoms with Gasteiger partial charge in [-0.15, -0.1) is 0 Å². The van der Waals surface area contributed by atoms with Crippen molar-refractivity contribution in [2.75, 3.05) is 13.7 Å². The summed E-state index contributed by atoms with van der Waals surface area (Å²) in [7, 11) is 1.43. The number of hydrazone groups is 1. The van der Waals surface area contributed by atoms with Gasteiger partial charge >= 0.3 is 5.97 Å². The zero-order valence-corrected chi connectivity index (χ0v) is 17.0. The Balaban J connectivity index is 2.01. The maximum Gasteiger partial charge on any atom is 0.344 e. The van der Waals surface area contributed by atoms with Crippen molar-refractivity contribution >= 4 is 41.3 Å². The van der Waals surface area contributed by atoms with Crippen LogP contribution >= 0.6 is 23.2 Å². The van der Waals surface area contributed by atoms with Crippen LogP contribution in [0.25, 0.3) is 0 Å². The van der Waals surface area contributed by atoms with Crippen LogP contribution in [0.1, 0.15) is 12.5 Å². The van der Waals surface area contributed by atoms with Crippen molar-refractivity contribution in [1.82, 2.24) is 5.43 Å². The zero-order chi connectivity index (χ0) is 21.4. The fourth-order valence-electron chi connectivity index (χ4n) is 2.09. The van der Waals surface area contributed by atoms with Crippen molar-refractivity contribution in [3.63, 3.8) is 0 Å². The summed E-state index contributed by atoms with van der Waals surface area (Å²) in [5.41, 5.74) is 2.71. The Bertz CT molecular complexity index is 920. The molecule has 0 unspecified atom stereocenters. The summed E-state index contributed by atoms with van der Waals surface area (Å²) in [4.78, 5) is 23.0. The van der Waals surface area contributed by atoms with Gasteiger partial charge in [-0.3, -0.25) is 4.79 Å². The Morgan fingerprint density at radius 1 is 1.24 bits per heavy atom. The second kappa shape index (κ2) is 10.5. The Kier molecular flexibility index (Phi) is 8.11. The summed E-state index contributed by atoms with van der Waals surface area (Å²) < 4.78 is 15.9. The molecule has 10 heteroatoms. The molecule has 2 aromatic carbocycles. The second-order valence-corrected chi connectivity index (χ2v) is 6.48. The molecule has 1 atom stereocenters. The first-order valence-electron chi connectivity index (χ1n) is 8.28. The van der Waals surface area contributed by atoms with Crippen LogP contribution in [0.2, 0.25) is 10.0 Å². The molecule has 0 bridgehead atoms. The molecule has 2 aromatic rings. The monoisotopic (exact) mass is 440 g/mol. The smallest absolute Gasteiger partial charge is 0.344 e. The van der Waals surface area contributed by atoms with Crippen LogP contribution in [0.5, 0.6) is 17.2 Å². The lowest BCUT2D eigenvalue weighted by atomic mass is 10.2. The quantitative estimate of drug-likeness (QED) is 0.457. The number of methoxy groups -OCH3 is 1. The van der Waals surface area contributed by atoms with E-state index in [2.05, 4.69) is 10.5 Å². The number of carbonyl (C=O) groups excluding carboxylic acids is 1. The molecule has 8 nitrogen and oxygen atoms in total. The van der Waals surface area contributed by atoms with Gasteiger partial charge < -0.3 is 19.3 Å². The van der Waals surface area contributed by atoms with Gasteiger partial charge in [0.2, 0.25) is 0 Å². The Hall–Kier alpha value is -2.97. The third kappa shape index (κ3) is 6.55. The molecule has 2 rings (SSSR count). The van der Waals surface area contributed by atoms with E-state index in [1.807, 2.05) is 0 Å². The molecule has 0 radical (unpaired) electrons. The van der Waals surface area contributed by atoms with Gasteiger partial charge in [-0.1, -0.05) is 29.3 Å². The van der Waals surface area contributed by atoms with E-state index in [0.717, 1.165) is 0 Å². The summed E-state index contributed by atoms with van der Waals surface area (Å²) >= 11 is 11.8. The first-order chi connectivity index (χ1) is 13.8. The van der Waals surface area contributed by atoms with E-state index in [0.29, 0.717) is 22.1 Å². The Morgan fingerprint density at radius 2 is 2.00 bits per heavy atom. The minimum Gasteiger partial charge on any atom is -0.493 e. The highest BCUT2D eigenvalue weighted by Gasteiger charge is 2.18. The first kappa shape index (κ1) is 22.3. The molecule has 0 aromatic heterocycles. The number of carbonyl (C=O) groups is 2. The molecule has 0 heterocycles. The van der Waals surface area contributed by atoms with Crippen molar-refractivity contribution < 1.29 is 28.9 Å². The highest BCUT2D eigenvalue weighted by Crippen LogP contribution is 2.31. The van der Waals surface area contributed by atoms with Crippen molar-refractivity contribution in [2.24, 2.45) is 5.10 Å². The van der Waals surface area contributed by atoms with E-state index >= 15 is 0 Å². The number of rotatable bonds is 9. The predicted octanol–water partition coefficient (Wildman–Crippen LogP) is 3.38. The van der Waals surface area contributed by atoms with Gasteiger partial charge in [0.15, 0.2) is 24.2 Å². The molecule has 0 aliphatic rings. The zero-order valence-electron chi connectivity index (χ0n) is 15.5. The number of nitrogens with zero attached hydrogens (tertiary/aromatic N) is 1. The largest absolute Gasteiger partial charge is 0.493 e. The van der Waals surface area contributed by atoms with Gasteiger partial charge in [0.25, 0.3) is 5.91 Å². The normalized spacial score (nSPS) is 11.7. The Morgan fingerprint density at radius 3 is 2.66 bits per heavy atom. The van der Waals surface area contributed by atoms with E-state index in [9.17, 15) is 9.59 Å². The number of ether oxygens (including phenoxy) is 3. The predicted molar refractivity (Wildman–Crippen MR) is 108 cm³/mol. The van der Waals surface area contributed by atoms with E-state index in [-0.39, 0.29) is 17.4 Å². The summed E-state index contributed by atoms with van der Waals surface area (Å²) in [5.74, 6) is -0.843. The van der Waals surface area contributed by atoms with Gasteiger partial charge in [0, 0.05) is 10.6 Å². The summed E-state index contributed by atoms with van der Waals surface area (Å²) in [6.45, 7) is 1.06. The summed E-state index contributed by atoms with van der Waals surface area (Å²) in [6.07, 6.45) is 0.199. The van der Waals surface area contributed by atoms with E-state index < -0.39 is 18.0 Å². The molecule has 2 N–H and O–H groups in total. The SMILES string of the molecule is COc1cccc(/C=N/NC(=O)COc2ccc(Cl)cc2Cl)c1O[C@H](C)C(=O)O. The molecule has 0 saturated carbocycles. The van der Waals surface area contributed by atoms with E-state index in [1.54, 1.807) is 30.3 Å². The van der Waals surface area contributed by atoms with Gasteiger partial charge in [0.05, 0.1) is 18.3 Å². The standard InChI is InChI=1S/C19H18Cl2N2O6/c1-11(19(25)26)29-18-12(4-3-5-16(18)27-2)9-22-23-17(24)10-28-15-7-6-13(20)8-14(15)21/h3-9,11H,10H2,1-2H3,(H,23,24)(H,25,26)/b22-9+/t11-/m1/s1. The van der Waals surface area contributed by atoms with Crippen molar-refractivity contribution in [3.8, 4) is 17.2 Å². The minimum atomic E-state index is -1.13. The highest BCUT2D eigenvalue weighted by molar-refractivity contribution is 6.35. The van der Waals surface area contributed by atoms with Crippen LogP contribution in [-0.2, 0) is 9.59 Å². The van der Waals surface area contributed by atoms with Gasteiger partial charge in [-0.05, 0) is 37.3 Å². The number of benzene rings is 2. The van der Waals surface area contributed by atoms with Crippen molar-refractivity contribution in [3.05, 3.63) is 52.0 Å². The number of hydrogen-bond donors (Lipinski definition) is 2. The number of carboxylic acids is 1. The van der Waals surface area contributed by atoms with Crippen LogP contribution in [0, 0.1) is 0 Å². The van der Waals surface area contributed by atoms with Gasteiger partial charge in [0.1, 0.15) is 5.75 Å². The van der Waals surface area contributed by atoms with Crippen LogP contribution < -0.4 is 19.6 Å². The molecule has 29 heavy (non-hydrogen) atoms. The maximum atomic E-state index is 11.9. The molecule has 0 aliphatic heterocycles. The maximum absolute atomic E-state index is 11.9. The topological polar surface area (TPSA) is 106 Å². The van der Waals surface area contributed by atoms with Crippen LogP contribution in [-0.4, -0.2) is 43.0 Å². The Labute approximate surface area is 177 Å². The number of aliphatic carboxylic acids is 1. The number of halogens is 2. The number of nitrogens with one attached hydrogen (secondary N) is 1. The third-order valence-electron chi connectivity index (χ3n) is 3.52. The number of para-hydroxylation sites is 1. The molecule has 154 valence electrons. The lowest BCUT2D eigenvalue weighted by Gasteiger charge is -2.15. The summed E-state index contributed by atoms with van der Waals surface area (Å²) in [5, 5.41) is 13.6. The first-order valence-corrected chi connectivity index (χ1v) is 9.03. The van der Waals surface area contributed by atoms with Crippen LogP contribution in [0.15, 0.2) is 41.5 Å². The second-order valence-electron chi connectivity index (χ2n) is 5.63. The molecule has 1 amide bonds. The van der Waals surface area contributed by atoms with E-state index in [4.69, 9.17) is 42.5 Å². The number of carboxylic acid groups (broad SMARTS) is 1. The number of hydrogen-bond acceptors (Lipinski definition) is 6. The fraction of sp³-hybridized carbons (Fsp3) is 0.211. The molecule has 0 fully saturated rings. The van der Waals surface area contributed by atoms with Crippen LogP contribution in [0.3, 0.4) is 0 Å². The van der Waals surface area contributed by atoms with E-state index in [1.165, 1.54) is 26.3 Å². The highest BCUT2D eigenvalue weighted by atomic mass is 35.5. The molecule has 0 saturated heterocycles. The molecule has 0 spiro atoms.